The lowest BCUT2D eigenvalue weighted by molar-refractivity contribution is -0.122. The van der Waals surface area contributed by atoms with E-state index >= 15 is 0 Å². The van der Waals surface area contributed by atoms with Gasteiger partial charge in [0, 0.05) is 12.1 Å². The van der Waals surface area contributed by atoms with Crippen LogP contribution < -0.4 is 11.1 Å². The van der Waals surface area contributed by atoms with Crippen molar-refractivity contribution in [2.45, 2.75) is 38.8 Å². The van der Waals surface area contributed by atoms with Crippen molar-refractivity contribution >= 4 is 5.91 Å². The van der Waals surface area contributed by atoms with Gasteiger partial charge < -0.3 is 11.1 Å². The lowest BCUT2D eigenvalue weighted by Crippen LogP contribution is -2.40. The van der Waals surface area contributed by atoms with Crippen LogP contribution in [0.15, 0.2) is 24.3 Å². The van der Waals surface area contributed by atoms with Gasteiger partial charge in [-0.05, 0) is 12.5 Å². The number of carbonyl (C=O) groups is 1. The summed E-state index contributed by atoms with van der Waals surface area (Å²) in [5.74, 6) is -0.531. The van der Waals surface area contributed by atoms with Crippen LogP contribution in [0.25, 0.3) is 0 Å². The lowest BCUT2D eigenvalue weighted by Gasteiger charge is -2.11. The number of hydrogen-bond acceptors (Lipinski definition) is 2. The highest BCUT2D eigenvalue weighted by molar-refractivity contribution is 5.81. The van der Waals surface area contributed by atoms with E-state index in [4.69, 9.17) is 5.73 Å². The maximum absolute atomic E-state index is 13.3. The first-order valence-electron chi connectivity index (χ1n) is 5.91. The fourth-order valence-electron chi connectivity index (χ4n) is 1.51. The molecule has 4 heteroatoms. The second-order valence-corrected chi connectivity index (χ2v) is 4.06. The van der Waals surface area contributed by atoms with Crippen molar-refractivity contribution in [3.8, 4) is 0 Å². The smallest absolute Gasteiger partial charge is 0.237 e. The number of halogens is 1. The molecular weight excluding hydrogens is 219 g/mol. The van der Waals surface area contributed by atoms with E-state index < -0.39 is 6.04 Å². The summed E-state index contributed by atoms with van der Waals surface area (Å²) in [7, 11) is 0. The summed E-state index contributed by atoms with van der Waals surface area (Å²) in [5.41, 5.74) is 6.18. The number of nitrogens with one attached hydrogen (secondary N) is 1. The number of hydrogen-bond donors (Lipinski definition) is 2. The molecule has 0 saturated heterocycles. The third-order valence-electron chi connectivity index (χ3n) is 2.62. The predicted octanol–water partition coefficient (Wildman–Crippen LogP) is 1.96. The maximum Gasteiger partial charge on any atom is 0.237 e. The molecule has 1 aromatic rings. The SMILES string of the molecule is CCCC[C@H](N)C(=O)NCc1ccccc1F. The van der Waals surface area contributed by atoms with E-state index in [0.29, 0.717) is 12.0 Å². The van der Waals surface area contributed by atoms with Gasteiger partial charge in [-0.15, -0.1) is 0 Å². The minimum Gasteiger partial charge on any atom is -0.351 e. The van der Waals surface area contributed by atoms with Gasteiger partial charge in [-0.25, -0.2) is 4.39 Å². The molecule has 94 valence electrons. The highest BCUT2D eigenvalue weighted by Gasteiger charge is 2.12. The third-order valence-corrected chi connectivity index (χ3v) is 2.62. The normalized spacial score (nSPS) is 12.2. The molecule has 0 radical (unpaired) electrons. The topological polar surface area (TPSA) is 55.1 Å². The van der Waals surface area contributed by atoms with E-state index in [-0.39, 0.29) is 18.3 Å². The van der Waals surface area contributed by atoms with Gasteiger partial charge >= 0.3 is 0 Å². The van der Waals surface area contributed by atoms with Crippen LogP contribution in [0.4, 0.5) is 4.39 Å². The van der Waals surface area contributed by atoms with Crippen molar-refractivity contribution in [2.75, 3.05) is 0 Å². The van der Waals surface area contributed by atoms with Gasteiger partial charge in [-0.1, -0.05) is 38.0 Å². The zero-order chi connectivity index (χ0) is 12.7. The first kappa shape index (κ1) is 13.6. The molecule has 0 heterocycles. The van der Waals surface area contributed by atoms with Gasteiger partial charge in [0.25, 0.3) is 0 Å². The Balaban J connectivity index is 2.40. The molecule has 3 N–H and O–H groups in total. The standard InChI is InChI=1S/C13H19FN2O/c1-2-3-8-12(15)13(17)16-9-10-6-4-5-7-11(10)14/h4-7,12H,2-3,8-9,15H2,1H3,(H,16,17)/t12-/m0/s1. The molecule has 0 aromatic heterocycles. The molecule has 0 saturated carbocycles. The predicted molar refractivity (Wildman–Crippen MR) is 65.7 cm³/mol. The minimum atomic E-state index is -0.498. The molecule has 1 rings (SSSR count). The van der Waals surface area contributed by atoms with Gasteiger partial charge in [0.15, 0.2) is 0 Å². The summed E-state index contributed by atoms with van der Waals surface area (Å²) in [6, 6.07) is 5.88. The van der Waals surface area contributed by atoms with Crippen molar-refractivity contribution in [3.63, 3.8) is 0 Å². The monoisotopic (exact) mass is 238 g/mol. The Morgan fingerprint density at radius 2 is 2.18 bits per heavy atom. The largest absolute Gasteiger partial charge is 0.351 e. The van der Waals surface area contributed by atoms with E-state index in [0.717, 1.165) is 12.8 Å². The first-order chi connectivity index (χ1) is 8.15. The van der Waals surface area contributed by atoms with E-state index in [1.165, 1.54) is 6.07 Å². The van der Waals surface area contributed by atoms with Crippen molar-refractivity contribution in [3.05, 3.63) is 35.6 Å². The van der Waals surface area contributed by atoms with Gasteiger partial charge in [0.2, 0.25) is 5.91 Å². The molecule has 1 amide bonds. The molecule has 0 bridgehead atoms. The Kier molecular flexibility index (Phi) is 5.63. The molecule has 1 aromatic carbocycles. The summed E-state index contributed by atoms with van der Waals surface area (Å²) < 4.78 is 13.3. The Morgan fingerprint density at radius 1 is 1.47 bits per heavy atom. The Labute approximate surface area is 101 Å². The summed E-state index contributed by atoms with van der Waals surface area (Å²) in [6.45, 7) is 2.23. The average molecular weight is 238 g/mol. The lowest BCUT2D eigenvalue weighted by atomic mass is 10.1. The quantitative estimate of drug-likeness (QED) is 0.796. The second kappa shape index (κ2) is 7.01. The molecule has 3 nitrogen and oxygen atoms in total. The summed E-state index contributed by atoms with van der Waals surface area (Å²) in [4.78, 5) is 11.6. The van der Waals surface area contributed by atoms with Crippen LogP contribution in [-0.2, 0) is 11.3 Å². The average Bonchev–Trinajstić information content (AvgIpc) is 2.34. The Bertz CT molecular complexity index is 368. The Hall–Kier alpha value is -1.42. The second-order valence-electron chi connectivity index (χ2n) is 4.06. The number of amides is 1. The third kappa shape index (κ3) is 4.53. The zero-order valence-corrected chi connectivity index (χ0v) is 10.1. The van der Waals surface area contributed by atoms with Gasteiger partial charge in [-0.2, -0.15) is 0 Å². The zero-order valence-electron chi connectivity index (χ0n) is 10.1. The van der Waals surface area contributed by atoms with E-state index in [9.17, 15) is 9.18 Å². The van der Waals surface area contributed by atoms with Crippen LogP contribution in [0.5, 0.6) is 0 Å². The van der Waals surface area contributed by atoms with Crippen LogP contribution in [0.3, 0.4) is 0 Å². The number of nitrogens with two attached hydrogens (primary N) is 1. The Morgan fingerprint density at radius 3 is 2.82 bits per heavy atom. The number of benzene rings is 1. The molecule has 0 fully saturated rings. The summed E-state index contributed by atoms with van der Waals surface area (Å²) in [5, 5.41) is 2.64. The molecule has 1 atom stereocenters. The number of carbonyl (C=O) groups excluding carboxylic acids is 1. The van der Waals surface area contributed by atoms with E-state index in [1.54, 1.807) is 18.2 Å². The van der Waals surface area contributed by atoms with Crippen LogP contribution in [0, 0.1) is 5.82 Å². The number of unbranched alkanes of at least 4 members (excludes halogenated alkanes) is 1. The van der Waals surface area contributed by atoms with Crippen molar-refractivity contribution in [1.82, 2.24) is 5.32 Å². The highest BCUT2D eigenvalue weighted by Crippen LogP contribution is 2.06. The van der Waals surface area contributed by atoms with Crippen molar-refractivity contribution in [2.24, 2.45) is 5.73 Å². The molecule has 0 aliphatic rings. The van der Waals surface area contributed by atoms with E-state index in [2.05, 4.69) is 5.32 Å². The van der Waals surface area contributed by atoms with Crippen molar-refractivity contribution < 1.29 is 9.18 Å². The summed E-state index contributed by atoms with van der Waals surface area (Å²) >= 11 is 0. The molecule has 0 unspecified atom stereocenters. The molecule has 0 aliphatic carbocycles. The fourth-order valence-corrected chi connectivity index (χ4v) is 1.51. The van der Waals surface area contributed by atoms with Crippen LogP contribution in [0.1, 0.15) is 31.7 Å². The highest BCUT2D eigenvalue weighted by atomic mass is 19.1. The van der Waals surface area contributed by atoms with Crippen molar-refractivity contribution in [1.29, 1.82) is 0 Å². The van der Waals surface area contributed by atoms with Crippen LogP contribution >= 0.6 is 0 Å². The number of rotatable bonds is 6. The van der Waals surface area contributed by atoms with Crippen LogP contribution in [0.2, 0.25) is 0 Å². The van der Waals surface area contributed by atoms with E-state index in [1.807, 2.05) is 6.92 Å². The fraction of sp³-hybridized carbons (Fsp3) is 0.462. The van der Waals surface area contributed by atoms with Gasteiger partial charge in [-0.3, -0.25) is 4.79 Å². The summed E-state index contributed by atoms with van der Waals surface area (Å²) in [6.07, 6.45) is 2.60. The molecule has 17 heavy (non-hydrogen) atoms. The molecule has 0 spiro atoms. The van der Waals surface area contributed by atoms with Gasteiger partial charge in [0.05, 0.1) is 6.04 Å². The molecule has 0 aliphatic heterocycles. The molecular formula is C13H19FN2O. The first-order valence-corrected chi connectivity index (χ1v) is 5.91. The van der Waals surface area contributed by atoms with Crippen LogP contribution in [-0.4, -0.2) is 11.9 Å². The minimum absolute atomic E-state index is 0.186. The van der Waals surface area contributed by atoms with Gasteiger partial charge in [0.1, 0.15) is 5.82 Å². The maximum atomic E-state index is 13.3.